The molecule has 6 nitrogen and oxygen atoms in total. The summed E-state index contributed by atoms with van der Waals surface area (Å²) in [5, 5.41) is 12.7. The summed E-state index contributed by atoms with van der Waals surface area (Å²) in [7, 11) is 2.06. The fourth-order valence-corrected chi connectivity index (χ4v) is 5.73. The maximum Gasteiger partial charge on any atom is 0.328 e. The van der Waals surface area contributed by atoms with Crippen LogP contribution in [0.1, 0.15) is 45.1 Å². The Morgan fingerprint density at radius 2 is 2.07 bits per heavy atom. The van der Waals surface area contributed by atoms with Crippen molar-refractivity contribution in [3.05, 3.63) is 30.0 Å². The molecule has 9 heteroatoms. The lowest BCUT2D eigenvalue weighted by molar-refractivity contribution is -0.138. The van der Waals surface area contributed by atoms with E-state index < -0.39 is 10.7 Å². The standard InChI is InChI=1S/C21H28BN3O3S2/c1-13-10-15(8-9-16(13)22)25(12-14-6-4-5-7-14)20(28)24-19-23-11-17(29-19)30-21(2,3)18(26)27/h8-11,14H,4-7,12,22H2,1-3H3,(H,26,27)(H,23,24,28). The largest absolute Gasteiger partial charge is 0.480 e. The van der Waals surface area contributed by atoms with Gasteiger partial charge in [-0.1, -0.05) is 53.0 Å². The molecular weight excluding hydrogens is 417 g/mol. The van der Waals surface area contributed by atoms with Crippen LogP contribution in [0.3, 0.4) is 0 Å². The van der Waals surface area contributed by atoms with Crippen molar-refractivity contribution in [2.45, 2.75) is 55.4 Å². The number of aryl methyl sites for hydroxylation is 1. The topological polar surface area (TPSA) is 82.5 Å². The van der Waals surface area contributed by atoms with Gasteiger partial charge >= 0.3 is 12.0 Å². The van der Waals surface area contributed by atoms with Crippen LogP contribution < -0.4 is 15.7 Å². The first kappa shape index (κ1) is 22.7. The number of carboxylic acid groups (broad SMARTS) is 1. The summed E-state index contributed by atoms with van der Waals surface area (Å²) in [6, 6.07) is 5.90. The van der Waals surface area contributed by atoms with Crippen LogP contribution in [0.5, 0.6) is 0 Å². The highest BCUT2D eigenvalue weighted by molar-refractivity contribution is 8.03. The SMILES string of the molecule is Bc1ccc(N(CC2CCCC2)C(=O)Nc2ncc(SC(C)(C)C(=O)O)s2)cc1C. The quantitative estimate of drug-likeness (QED) is 0.499. The average molecular weight is 445 g/mol. The number of aliphatic carboxylic acids is 1. The zero-order valence-electron chi connectivity index (χ0n) is 17.9. The summed E-state index contributed by atoms with van der Waals surface area (Å²) >= 11 is 2.52. The van der Waals surface area contributed by atoms with E-state index in [1.807, 2.05) is 17.0 Å². The van der Waals surface area contributed by atoms with Gasteiger partial charge < -0.3 is 5.11 Å². The van der Waals surface area contributed by atoms with Crippen molar-refractivity contribution >= 4 is 59.2 Å². The van der Waals surface area contributed by atoms with Gasteiger partial charge in [0.15, 0.2) is 5.13 Å². The minimum absolute atomic E-state index is 0.200. The Morgan fingerprint density at radius 3 is 2.70 bits per heavy atom. The molecule has 1 aliphatic rings. The summed E-state index contributed by atoms with van der Waals surface area (Å²) < 4.78 is -0.201. The van der Waals surface area contributed by atoms with Gasteiger partial charge in [0.1, 0.15) is 12.6 Å². The molecule has 2 amide bonds. The molecule has 0 saturated heterocycles. The van der Waals surface area contributed by atoms with Crippen LogP contribution in [0.15, 0.2) is 28.6 Å². The molecule has 2 N–H and O–H groups in total. The lowest BCUT2D eigenvalue weighted by Crippen LogP contribution is -2.38. The minimum Gasteiger partial charge on any atom is -0.480 e. The molecule has 0 bridgehead atoms. The lowest BCUT2D eigenvalue weighted by Gasteiger charge is -2.26. The highest BCUT2D eigenvalue weighted by Gasteiger charge is 2.30. The molecule has 0 aliphatic heterocycles. The number of nitrogens with one attached hydrogen (secondary N) is 1. The molecule has 1 aromatic heterocycles. The van der Waals surface area contributed by atoms with Gasteiger partial charge in [-0.3, -0.25) is 15.0 Å². The van der Waals surface area contributed by atoms with Gasteiger partial charge in [-0.2, -0.15) is 0 Å². The van der Waals surface area contributed by atoms with Gasteiger partial charge in [-0.15, -0.1) is 0 Å². The Bertz CT molecular complexity index is 926. The number of benzene rings is 1. The summed E-state index contributed by atoms with van der Waals surface area (Å²) in [5.41, 5.74) is 3.24. The van der Waals surface area contributed by atoms with Crippen molar-refractivity contribution in [1.82, 2.24) is 4.98 Å². The van der Waals surface area contributed by atoms with Crippen LogP contribution in [-0.2, 0) is 4.79 Å². The molecular formula is C21H28BN3O3S2. The van der Waals surface area contributed by atoms with E-state index in [0.29, 0.717) is 17.6 Å². The van der Waals surface area contributed by atoms with E-state index in [-0.39, 0.29) is 6.03 Å². The number of hydrogen-bond donors (Lipinski definition) is 2. The van der Waals surface area contributed by atoms with Gasteiger partial charge in [0.2, 0.25) is 0 Å². The monoisotopic (exact) mass is 445 g/mol. The number of nitrogens with zero attached hydrogens (tertiary/aromatic N) is 2. The minimum atomic E-state index is -0.957. The number of carbonyl (C=O) groups excluding carboxylic acids is 1. The first-order valence-electron chi connectivity index (χ1n) is 10.2. The molecule has 1 aliphatic carbocycles. The Morgan fingerprint density at radius 1 is 1.37 bits per heavy atom. The van der Waals surface area contributed by atoms with Gasteiger partial charge in [0, 0.05) is 12.2 Å². The maximum absolute atomic E-state index is 13.2. The molecule has 3 rings (SSSR count). The highest BCUT2D eigenvalue weighted by Crippen LogP contribution is 2.37. The Labute approximate surface area is 186 Å². The fraction of sp³-hybridized carbons (Fsp3) is 0.476. The highest BCUT2D eigenvalue weighted by atomic mass is 32.2. The number of carbonyl (C=O) groups is 2. The molecule has 0 spiro atoms. The van der Waals surface area contributed by atoms with Crippen LogP contribution in [0.25, 0.3) is 0 Å². The molecule has 1 heterocycles. The van der Waals surface area contributed by atoms with E-state index in [4.69, 9.17) is 0 Å². The second-order valence-corrected chi connectivity index (χ2v) is 11.3. The average Bonchev–Trinajstić information content (AvgIpc) is 3.33. The van der Waals surface area contributed by atoms with E-state index in [0.717, 1.165) is 28.3 Å². The Hall–Kier alpha value is -2.00. The number of thiazole rings is 1. The van der Waals surface area contributed by atoms with E-state index >= 15 is 0 Å². The number of anilines is 2. The number of urea groups is 1. The number of amides is 2. The second kappa shape index (κ2) is 9.43. The van der Waals surface area contributed by atoms with Gasteiger partial charge in [-0.25, -0.2) is 9.78 Å². The first-order chi connectivity index (χ1) is 14.2. The van der Waals surface area contributed by atoms with E-state index in [1.165, 1.54) is 41.4 Å². The fourth-order valence-electron chi connectivity index (χ4n) is 3.47. The second-order valence-electron chi connectivity index (χ2n) is 8.36. The van der Waals surface area contributed by atoms with Crippen molar-refractivity contribution in [2.75, 3.05) is 16.8 Å². The van der Waals surface area contributed by atoms with Crippen LogP contribution in [-0.4, -0.2) is 41.2 Å². The summed E-state index contributed by atoms with van der Waals surface area (Å²) in [6.07, 6.45) is 6.36. The van der Waals surface area contributed by atoms with Crippen LogP contribution in [0.4, 0.5) is 15.6 Å². The summed E-state index contributed by atoms with van der Waals surface area (Å²) in [4.78, 5) is 30.6. The van der Waals surface area contributed by atoms with Crippen LogP contribution in [0.2, 0.25) is 0 Å². The number of rotatable bonds is 7. The number of hydrogen-bond acceptors (Lipinski definition) is 5. The predicted octanol–water partition coefficient (Wildman–Crippen LogP) is 3.89. The van der Waals surface area contributed by atoms with Crippen molar-refractivity contribution in [3.8, 4) is 0 Å². The first-order valence-corrected chi connectivity index (χ1v) is 11.8. The smallest absolute Gasteiger partial charge is 0.328 e. The van der Waals surface area contributed by atoms with Crippen molar-refractivity contribution < 1.29 is 14.7 Å². The molecule has 0 atom stereocenters. The van der Waals surface area contributed by atoms with Crippen molar-refractivity contribution in [1.29, 1.82) is 0 Å². The third kappa shape index (κ3) is 5.57. The Balaban J connectivity index is 1.76. The molecule has 0 radical (unpaired) electrons. The summed E-state index contributed by atoms with van der Waals surface area (Å²) in [6.45, 7) is 6.05. The molecule has 0 unspecified atom stereocenters. The van der Waals surface area contributed by atoms with Crippen LogP contribution in [0, 0.1) is 12.8 Å². The molecule has 2 aromatic rings. The zero-order chi connectivity index (χ0) is 21.9. The van der Waals surface area contributed by atoms with Crippen molar-refractivity contribution in [2.24, 2.45) is 5.92 Å². The molecule has 1 saturated carbocycles. The van der Waals surface area contributed by atoms with Gasteiger partial charge in [-0.05, 0) is 51.7 Å². The third-order valence-electron chi connectivity index (χ3n) is 5.53. The normalized spacial score (nSPS) is 14.6. The summed E-state index contributed by atoms with van der Waals surface area (Å²) in [5.74, 6) is -0.375. The molecule has 160 valence electrons. The number of aromatic nitrogens is 1. The molecule has 30 heavy (non-hydrogen) atoms. The number of carboxylic acids is 1. The van der Waals surface area contributed by atoms with Crippen LogP contribution >= 0.6 is 23.1 Å². The molecule has 1 aromatic carbocycles. The van der Waals surface area contributed by atoms with Crippen molar-refractivity contribution in [3.63, 3.8) is 0 Å². The predicted molar refractivity (Wildman–Crippen MR) is 127 cm³/mol. The Kier molecular flexibility index (Phi) is 7.13. The van der Waals surface area contributed by atoms with E-state index in [2.05, 4.69) is 31.1 Å². The number of thioether (sulfide) groups is 1. The lowest BCUT2D eigenvalue weighted by atomic mass is 9.91. The molecule has 1 fully saturated rings. The zero-order valence-corrected chi connectivity index (χ0v) is 19.5. The van der Waals surface area contributed by atoms with Gasteiger partial charge in [0.25, 0.3) is 0 Å². The van der Waals surface area contributed by atoms with E-state index in [9.17, 15) is 14.7 Å². The third-order valence-corrected chi connectivity index (χ3v) is 7.73. The van der Waals surface area contributed by atoms with Gasteiger partial charge in [0.05, 0.1) is 10.4 Å². The van der Waals surface area contributed by atoms with E-state index in [1.54, 1.807) is 20.0 Å². The maximum atomic E-state index is 13.2.